The van der Waals surface area contributed by atoms with Crippen LogP contribution in [0.4, 0.5) is 26.3 Å². The van der Waals surface area contributed by atoms with Crippen molar-refractivity contribution in [2.75, 3.05) is 37.8 Å². The van der Waals surface area contributed by atoms with Crippen LogP contribution in [0.2, 0.25) is 0 Å². The first kappa shape index (κ1) is 18.1. The minimum absolute atomic E-state index is 1.52. The van der Waals surface area contributed by atoms with Gasteiger partial charge in [0, 0.05) is 0 Å². The predicted octanol–water partition coefficient (Wildman–Crippen LogP) is 1.54. The van der Waals surface area contributed by atoms with E-state index < -0.39 is 65.8 Å². The van der Waals surface area contributed by atoms with Gasteiger partial charge in [0.05, 0.1) is 0 Å². The lowest BCUT2D eigenvalue weighted by molar-refractivity contribution is 0.356. The van der Waals surface area contributed by atoms with Gasteiger partial charge in [0.15, 0.2) is 0 Å². The van der Waals surface area contributed by atoms with Crippen molar-refractivity contribution >= 4 is 28.0 Å². The fourth-order valence-electron chi connectivity index (χ4n) is 0.654. The van der Waals surface area contributed by atoms with Gasteiger partial charge in [-0.05, 0) is 0 Å². The lowest BCUT2D eigenvalue weighted by Gasteiger charge is -2.24. The molecule has 0 saturated heterocycles. The summed E-state index contributed by atoms with van der Waals surface area (Å²) in [5.41, 5.74) is 0. The summed E-state index contributed by atoms with van der Waals surface area (Å²) in [6.07, 6.45) is -9.14. The molecule has 18 heavy (non-hydrogen) atoms. The Morgan fingerprint density at radius 3 is 1.06 bits per heavy atom. The Kier molecular flexibility index (Phi) is 8.33. The molecule has 110 valence electrons. The van der Waals surface area contributed by atoms with E-state index in [1.807, 2.05) is 0 Å². The van der Waals surface area contributed by atoms with Crippen molar-refractivity contribution in [1.82, 2.24) is 0 Å². The second-order valence-corrected chi connectivity index (χ2v) is 11.6. The third kappa shape index (κ3) is 4.64. The van der Waals surface area contributed by atoms with Crippen LogP contribution in [0, 0.1) is 0 Å². The summed E-state index contributed by atoms with van der Waals surface area (Å²) < 4.78 is 94.1. The highest BCUT2D eigenvalue weighted by Crippen LogP contribution is 2.16. The van der Waals surface area contributed by atoms with Crippen molar-refractivity contribution in [3.05, 3.63) is 0 Å². The Bertz CT molecular complexity index is 225. The Morgan fingerprint density at radius 1 is 0.667 bits per heavy atom. The third-order valence-corrected chi connectivity index (χ3v) is 8.79. The second-order valence-electron chi connectivity index (χ2n) is 3.54. The zero-order valence-electron chi connectivity index (χ0n) is 9.14. The number of hydrogen-bond donors (Lipinski definition) is 0. The molecule has 0 heterocycles. The Balaban J connectivity index is 4.67. The van der Waals surface area contributed by atoms with Gasteiger partial charge in [0.2, 0.25) is 0 Å². The van der Waals surface area contributed by atoms with E-state index in [0.29, 0.717) is 0 Å². The molecule has 0 saturated carbocycles. The van der Waals surface area contributed by atoms with Gasteiger partial charge in [0.1, 0.15) is 37.8 Å². The van der Waals surface area contributed by atoms with E-state index in [1.165, 1.54) is 0 Å². The molecule has 0 amide bonds. The number of alkyl halides is 6. The summed E-state index contributed by atoms with van der Waals surface area (Å²) in [4.78, 5) is 0. The monoisotopic (exact) mass is 334 g/mol. The van der Waals surface area contributed by atoms with E-state index in [1.54, 1.807) is 0 Å². The maximum atomic E-state index is 12.4. The summed E-state index contributed by atoms with van der Waals surface area (Å²) in [7, 11) is -8.38. The fourth-order valence-corrected chi connectivity index (χ4v) is 4.90. The highest BCUT2D eigenvalue weighted by atomic mass is 32.2. The minimum Gasteiger partial charge on any atom is -0.306 e. The molecule has 0 N–H and O–H groups in total. The molecule has 0 aliphatic heterocycles. The first-order valence-corrected chi connectivity index (χ1v) is 10.7. The molecular formula is C6H12F6O3SSi2. The molecule has 0 unspecified atom stereocenters. The molecule has 0 aliphatic rings. The lowest BCUT2D eigenvalue weighted by Crippen LogP contribution is -2.52. The number of rotatable bonds is 10. The van der Waals surface area contributed by atoms with E-state index >= 15 is 0 Å². The molecule has 0 spiro atoms. The summed E-state index contributed by atoms with van der Waals surface area (Å²) >= 11 is -2.97. The molecule has 0 rings (SSSR count). The van der Waals surface area contributed by atoms with Crippen LogP contribution in [0.15, 0.2) is 0 Å². The van der Waals surface area contributed by atoms with Crippen molar-refractivity contribution < 1.29 is 38.3 Å². The molecule has 0 atom stereocenters. The molecule has 0 aliphatic carbocycles. The second kappa shape index (κ2) is 8.29. The van der Waals surface area contributed by atoms with Gasteiger partial charge in [-0.1, -0.05) is 0 Å². The van der Waals surface area contributed by atoms with Crippen LogP contribution in [0.25, 0.3) is 0 Å². The topological polar surface area (TPSA) is 35.5 Å². The van der Waals surface area contributed by atoms with Crippen LogP contribution in [0.1, 0.15) is 0 Å². The number of hydrogen-bond acceptors (Lipinski definition) is 3. The van der Waals surface area contributed by atoms with Crippen LogP contribution < -0.4 is 0 Å². The maximum absolute atomic E-state index is 12.4. The van der Waals surface area contributed by atoms with Gasteiger partial charge in [-0.25, -0.2) is 0 Å². The van der Waals surface area contributed by atoms with E-state index in [4.69, 9.17) is 0 Å². The molecule has 0 aromatic rings. The van der Waals surface area contributed by atoms with E-state index in [0.717, 1.165) is 0 Å². The van der Waals surface area contributed by atoms with Gasteiger partial charge in [0.25, 0.3) is 11.4 Å². The maximum Gasteiger partial charge on any atom is 0.308 e. The first-order chi connectivity index (χ1) is 8.46. The van der Waals surface area contributed by atoms with Crippen LogP contribution in [0.5, 0.6) is 0 Å². The van der Waals surface area contributed by atoms with Gasteiger partial charge in [-0.2, -0.15) is 4.21 Å². The summed E-state index contributed by atoms with van der Waals surface area (Å²) in [6.45, 7) is 0. The SMILES string of the molecule is O=S(O[Si](CF)(CF)CF)O[Si](CF)(CF)CF. The fraction of sp³-hybridized carbons (Fsp3) is 1.00. The standard InChI is InChI=1S/C6H12F6O3SSi2/c7-1-17(2-8,3-9)14-16(13)15-18(4-10,5-11)6-12/h1-6H2. The molecule has 0 bridgehead atoms. The largest absolute Gasteiger partial charge is 0.308 e. The van der Waals surface area contributed by atoms with E-state index in [-0.39, 0.29) is 0 Å². The minimum atomic E-state index is -4.19. The van der Waals surface area contributed by atoms with E-state index in [9.17, 15) is 30.6 Å². The third-order valence-electron chi connectivity index (χ3n) is 1.95. The van der Waals surface area contributed by atoms with Gasteiger partial charge >= 0.3 is 16.6 Å². The molecule has 0 aromatic heterocycles. The predicted molar refractivity (Wildman–Crippen MR) is 57.7 cm³/mol. The van der Waals surface area contributed by atoms with E-state index in [2.05, 4.69) is 7.74 Å². The first-order valence-electron chi connectivity index (χ1n) is 4.63. The summed E-state index contributed by atoms with van der Waals surface area (Å²) in [5, 5.41) is 0. The molecule has 0 aromatic carbocycles. The van der Waals surface area contributed by atoms with Gasteiger partial charge in [-0.3, -0.25) is 26.3 Å². The molecule has 3 nitrogen and oxygen atoms in total. The van der Waals surface area contributed by atoms with Crippen LogP contribution in [-0.4, -0.2) is 58.6 Å². The van der Waals surface area contributed by atoms with Crippen LogP contribution in [0.3, 0.4) is 0 Å². The van der Waals surface area contributed by atoms with Crippen LogP contribution >= 0.6 is 0 Å². The molecule has 0 fully saturated rings. The summed E-state index contributed by atoms with van der Waals surface area (Å²) in [5.74, 6) is 0. The quantitative estimate of drug-likeness (QED) is 0.449. The van der Waals surface area contributed by atoms with Gasteiger partial charge in [-0.15, -0.1) is 0 Å². The normalized spacial score (nSPS) is 13.3. The smallest absolute Gasteiger partial charge is 0.306 e. The molecule has 0 radical (unpaired) electrons. The molecule has 12 heteroatoms. The highest BCUT2D eigenvalue weighted by Gasteiger charge is 2.44. The highest BCUT2D eigenvalue weighted by molar-refractivity contribution is 7.77. The van der Waals surface area contributed by atoms with Crippen molar-refractivity contribution in [3.63, 3.8) is 0 Å². The van der Waals surface area contributed by atoms with Gasteiger partial charge < -0.3 is 7.74 Å². The Hall–Kier alpha value is 0.0838. The zero-order valence-corrected chi connectivity index (χ0v) is 12.0. The molecular weight excluding hydrogens is 322 g/mol. The van der Waals surface area contributed by atoms with Crippen molar-refractivity contribution in [1.29, 1.82) is 0 Å². The average molecular weight is 334 g/mol. The van der Waals surface area contributed by atoms with Crippen molar-refractivity contribution in [2.24, 2.45) is 0 Å². The van der Waals surface area contributed by atoms with Crippen molar-refractivity contribution in [2.45, 2.75) is 0 Å². The number of halogens is 6. The van der Waals surface area contributed by atoms with Crippen LogP contribution in [-0.2, 0) is 19.1 Å². The summed E-state index contributed by atoms with van der Waals surface area (Å²) in [6, 6.07) is 0. The lowest BCUT2D eigenvalue weighted by atomic mass is 11.7. The Labute approximate surface area is 105 Å². The Morgan fingerprint density at radius 2 is 0.889 bits per heavy atom. The van der Waals surface area contributed by atoms with Crippen molar-refractivity contribution in [3.8, 4) is 0 Å². The zero-order chi connectivity index (χ0) is 14.2. The average Bonchev–Trinajstić information content (AvgIpc) is 2.42.